The minimum absolute atomic E-state index is 0.0968. The number of nitrogens with two attached hydrogens (primary N) is 1. The number of carboxylic acids is 2. The molecule has 6 N–H and O–H groups in total. The number of rotatable bonds is 15. The molecule has 0 fully saturated rings. The molecule has 0 spiro atoms. The van der Waals surface area contributed by atoms with Gasteiger partial charge < -0.3 is 35.6 Å². The second-order valence-electron chi connectivity index (χ2n) is 5.29. The van der Waals surface area contributed by atoms with E-state index < -0.39 is 49.2 Å². The van der Waals surface area contributed by atoms with Crippen LogP contribution in [0.5, 0.6) is 0 Å². The predicted molar refractivity (Wildman–Crippen MR) is 101 cm³/mol. The highest BCUT2D eigenvalue weighted by atomic mass is 32.7. The third-order valence-electron chi connectivity index (χ3n) is 3.04. The molecule has 1 unspecified atom stereocenters. The van der Waals surface area contributed by atoms with Crippen molar-refractivity contribution in [1.29, 1.82) is 0 Å². The molecular weight excluding hydrogens is 417 g/mol. The molecule has 0 aliphatic rings. The molecule has 0 aromatic rings. The molecule has 0 heterocycles. The van der Waals surface area contributed by atoms with Gasteiger partial charge in [0.15, 0.2) is 0 Å². The number of nitrogens with one attached hydrogen (secondary N) is 2. The first-order valence-corrected chi connectivity index (χ1v) is 11.5. The summed E-state index contributed by atoms with van der Waals surface area (Å²) in [5.41, 5.74) is 5.32. The van der Waals surface area contributed by atoms with Crippen molar-refractivity contribution in [3.8, 4) is 0 Å². The zero-order valence-electron chi connectivity index (χ0n) is 15.6. The van der Waals surface area contributed by atoms with Crippen molar-refractivity contribution in [2.45, 2.75) is 38.8 Å². The molecule has 12 nitrogen and oxygen atoms in total. The van der Waals surface area contributed by atoms with Crippen molar-refractivity contribution < 1.29 is 43.0 Å². The Bertz CT molecular complexity index is 595. The third-order valence-corrected chi connectivity index (χ3v) is 7.01. The lowest BCUT2D eigenvalue weighted by atomic mass is 10.1. The van der Waals surface area contributed by atoms with E-state index in [1.807, 2.05) is 0 Å². The van der Waals surface area contributed by atoms with Gasteiger partial charge in [-0.25, -0.2) is 4.57 Å². The summed E-state index contributed by atoms with van der Waals surface area (Å²) >= 11 is 0.684. The fourth-order valence-electron chi connectivity index (χ4n) is 1.74. The van der Waals surface area contributed by atoms with Crippen LogP contribution in [0.3, 0.4) is 0 Å². The van der Waals surface area contributed by atoms with Gasteiger partial charge >= 0.3 is 18.7 Å². The van der Waals surface area contributed by atoms with Crippen LogP contribution < -0.4 is 16.4 Å². The van der Waals surface area contributed by atoms with Gasteiger partial charge in [-0.05, 0) is 31.7 Å². The average molecular weight is 443 g/mol. The summed E-state index contributed by atoms with van der Waals surface area (Å²) < 4.78 is 22.6. The summed E-state index contributed by atoms with van der Waals surface area (Å²) in [7, 11) is 0. The van der Waals surface area contributed by atoms with Crippen molar-refractivity contribution in [3.05, 3.63) is 0 Å². The fourth-order valence-corrected chi connectivity index (χ4v) is 5.24. The lowest BCUT2D eigenvalue weighted by Gasteiger charge is -2.21. The van der Waals surface area contributed by atoms with Crippen molar-refractivity contribution in [1.82, 2.24) is 10.6 Å². The van der Waals surface area contributed by atoms with Gasteiger partial charge in [-0.3, -0.25) is 19.2 Å². The van der Waals surface area contributed by atoms with Gasteiger partial charge in [-0.15, -0.1) is 0 Å². The second kappa shape index (κ2) is 13.5. The van der Waals surface area contributed by atoms with Gasteiger partial charge in [0.1, 0.15) is 18.6 Å². The Labute approximate surface area is 166 Å². The molecule has 0 aliphatic carbocycles. The van der Waals surface area contributed by atoms with E-state index in [1.54, 1.807) is 13.8 Å². The van der Waals surface area contributed by atoms with Crippen molar-refractivity contribution >= 4 is 41.9 Å². The van der Waals surface area contributed by atoms with Crippen LogP contribution in [0.15, 0.2) is 0 Å². The molecule has 0 rings (SSSR count). The number of hydrogen-bond donors (Lipinski definition) is 5. The van der Waals surface area contributed by atoms with E-state index in [-0.39, 0.29) is 31.8 Å². The van der Waals surface area contributed by atoms with Crippen LogP contribution in [0, 0.1) is 0 Å². The molecule has 28 heavy (non-hydrogen) atoms. The Morgan fingerprint density at radius 1 is 1.14 bits per heavy atom. The van der Waals surface area contributed by atoms with Gasteiger partial charge in [0, 0.05) is 12.2 Å². The van der Waals surface area contributed by atoms with Crippen molar-refractivity contribution in [2.75, 3.05) is 25.5 Å². The number of hydrogen-bond acceptors (Lipinski definition) is 9. The topological polar surface area (TPSA) is 194 Å². The summed E-state index contributed by atoms with van der Waals surface area (Å²) in [5.74, 6) is -4.26. The Hall–Kier alpha value is -1.66. The highest BCUT2D eigenvalue weighted by Gasteiger charge is 2.30. The molecule has 2 amide bonds. The molecule has 2 atom stereocenters. The van der Waals surface area contributed by atoms with Crippen molar-refractivity contribution in [2.24, 2.45) is 5.73 Å². The van der Waals surface area contributed by atoms with E-state index in [1.165, 1.54) is 0 Å². The maximum absolute atomic E-state index is 12.5. The van der Waals surface area contributed by atoms with E-state index >= 15 is 0 Å². The van der Waals surface area contributed by atoms with E-state index in [0.717, 1.165) is 0 Å². The summed E-state index contributed by atoms with van der Waals surface area (Å²) in [6.07, 6.45) is -0.427. The molecule has 0 bridgehead atoms. The van der Waals surface area contributed by atoms with Crippen LogP contribution in [0.1, 0.15) is 26.7 Å². The van der Waals surface area contributed by atoms with E-state index in [0.29, 0.717) is 11.4 Å². The molecule has 0 aromatic carbocycles. The number of carbonyl (C=O) groups excluding carboxylic acids is 2. The van der Waals surface area contributed by atoms with Crippen LogP contribution >= 0.6 is 18.2 Å². The Morgan fingerprint density at radius 2 is 1.71 bits per heavy atom. The molecular formula is C14H26N3O9PS. The standard InChI is InChI=1S/C14H26N3O9PS/c1-3-25-27(24,26-4-2)28-8-10(13(21)16-7-12(19)20)17-11(18)6-5-9(15)14(22)23/h9-10H,3-8,15H2,1-2H3,(H,16,21)(H,17,18)(H,19,20)(H,22,23)/t9-,10?/m1/s1. The van der Waals surface area contributed by atoms with Gasteiger partial charge in [0.2, 0.25) is 11.8 Å². The summed E-state index contributed by atoms with van der Waals surface area (Å²) in [6.45, 7) is -0.830. The van der Waals surface area contributed by atoms with Crippen LogP contribution in [-0.4, -0.2) is 71.6 Å². The number of carboxylic acid groups (broad SMARTS) is 2. The van der Waals surface area contributed by atoms with Crippen LogP contribution in [0.25, 0.3) is 0 Å². The predicted octanol–water partition coefficient (Wildman–Crippen LogP) is -0.222. The monoisotopic (exact) mass is 443 g/mol. The van der Waals surface area contributed by atoms with Gasteiger partial charge in [-0.2, -0.15) is 0 Å². The quantitative estimate of drug-likeness (QED) is 0.210. The Morgan fingerprint density at radius 3 is 2.18 bits per heavy atom. The second-order valence-corrected chi connectivity index (χ2v) is 9.41. The van der Waals surface area contributed by atoms with Crippen LogP contribution in [0.4, 0.5) is 0 Å². The van der Waals surface area contributed by atoms with E-state index in [9.17, 15) is 23.7 Å². The summed E-state index contributed by atoms with van der Waals surface area (Å²) in [4.78, 5) is 45.5. The summed E-state index contributed by atoms with van der Waals surface area (Å²) in [5, 5.41) is 21.8. The maximum atomic E-state index is 12.5. The van der Waals surface area contributed by atoms with Crippen molar-refractivity contribution in [3.63, 3.8) is 0 Å². The highest BCUT2D eigenvalue weighted by Crippen LogP contribution is 2.60. The van der Waals surface area contributed by atoms with E-state index in [4.69, 9.17) is 25.0 Å². The number of carbonyl (C=O) groups is 4. The fraction of sp³-hybridized carbons (Fsp3) is 0.714. The van der Waals surface area contributed by atoms with Gasteiger partial charge in [0.05, 0.1) is 13.2 Å². The molecule has 0 radical (unpaired) electrons. The minimum atomic E-state index is -3.57. The van der Waals surface area contributed by atoms with E-state index in [2.05, 4.69) is 10.6 Å². The molecule has 162 valence electrons. The van der Waals surface area contributed by atoms with Crippen LogP contribution in [-0.2, 0) is 32.8 Å². The smallest absolute Gasteiger partial charge is 0.389 e. The lowest BCUT2D eigenvalue weighted by Crippen LogP contribution is -2.49. The normalized spacial score (nSPS) is 13.4. The first kappa shape index (κ1) is 26.3. The third kappa shape index (κ3) is 11.2. The zero-order chi connectivity index (χ0) is 21.7. The Balaban J connectivity index is 5.01. The first-order chi connectivity index (χ1) is 13.0. The largest absolute Gasteiger partial charge is 0.480 e. The van der Waals surface area contributed by atoms with Crippen LogP contribution in [0.2, 0.25) is 0 Å². The Kier molecular flexibility index (Phi) is 12.7. The molecule has 14 heteroatoms. The molecule has 0 saturated heterocycles. The van der Waals surface area contributed by atoms with Gasteiger partial charge in [0.25, 0.3) is 0 Å². The number of aliphatic carboxylic acids is 2. The molecule has 0 saturated carbocycles. The minimum Gasteiger partial charge on any atom is -0.480 e. The maximum Gasteiger partial charge on any atom is 0.389 e. The molecule has 0 aromatic heterocycles. The highest BCUT2D eigenvalue weighted by molar-refractivity contribution is 8.55. The zero-order valence-corrected chi connectivity index (χ0v) is 17.3. The SMILES string of the molecule is CCOP(=O)(OCC)SCC(NC(=O)CC[C@@H](N)C(=O)O)C(=O)NCC(=O)O. The molecule has 0 aliphatic heterocycles. The number of amides is 2. The summed E-state index contributed by atoms with van der Waals surface area (Å²) in [6, 6.07) is -2.48. The average Bonchev–Trinajstić information content (AvgIpc) is 2.61. The lowest BCUT2D eigenvalue weighted by molar-refractivity contribution is -0.139. The van der Waals surface area contributed by atoms with Gasteiger partial charge in [-0.1, -0.05) is 0 Å². The first-order valence-electron chi connectivity index (χ1n) is 8.35.